The minimum absolute atomic E-state index is 0.149. The van der Waals surface area contributed by atoms with E-state index in [9.17, 15) is 9.59 Å². The molecule has 0 radical (unpaired) electrons. The summed E-state index contributed by atoms with van der Waals surface area (Å²) in [5.74, 6) is 1.32. The number of aromatic amines is 1. The minimum atomic E-state index is -0.276. The molecule has 2 aromatic heterocycles. The zero-order valence-electron chi connectivity index (χ0n) is 15.4. The van der Waals surface area contributed by atoms with Crippen molar-refractivity contribution in [3.8, 4) is 17.2 Å². The van der Waals surface area contributed by atoms with Gasteiger partial charge in [-0.25, -0.2) is 4.98 Å². The zero-order valence-corrected chi connectivity index (χ0v) is 16.2. The molecule has 0 fully saturated rings. The van der Waals surface area contributed by atoms with Crippen LogP contribution in [0, 0.1) is 0 Å². The van der Waals surface area contributed by atoms with Crippen molar-refractivity contribution >= 4 is 27.5 Å². The van der Waals surface area contributed by atoms with E-state index in [1.54, 1.807) is 25.2 Å². The highest BCUT2D eigenvalue weighted by Crippen LogP contribution is 2.38. The van der Waals surface area contributed by atoms with E-state index in [-0.39, 0.29) is 18.0 Å². The maximum absolute atomic E-state index is 12.8. The quantitative estimate of drug-likeness (QED) is 0.695. The molecule has 1 amide bonds. The highest BCUT2D eigenvalue weighted by Gasteiger charge is 2.20. The number of ether oxygens (including phenoxy) is 3. The summed E-state index contributed by atoms with van der Waals surface area (Å²) in [5.41, 5.74) is 0.775. The van der Waals surface area contributed by atoms with Gasteiger partial charge in [0.2, 0.25) is 5.75 Å². The molecular formula is C18H19N3O5S. The van der Waals surface area contributed by atoms with E-state index in [0.29, 0.717) is 38.9 Å². The lowest BCUT2D eigenvalue weighted by Gasteiger charge is -2.19. The topological polar surface area (TPSA) is 93.8 Å². The van der Waals surface area contributed by atoms with Crippen molar-refractivity contribution in [1.82, 2.24) is 14.9 Å². The molecule has 0 aliphatic carbocycles. The van der Waals surface area contributed by atoms with Crippen LogP contribution < -0.4 is 19.8 Å². The van der Waals surface area contributed by atoms with Crippen LogP contribution in [0.5, 0.6) is 17.2 Å². The lowest BCUT2D eigenvalue weighted by molar-refractivity contribution is 0.0780. The number of nitrogens with zero attached hydrogens (tertiary/aromatic N) is 2. The van der Waals surface area contributed by atoms with Crippen molar-refractivity contribution in [2.45, 2.75) is 6.54 Å². The number of rotatable bonds is 6. The summed E-state index contributed by atoms with van der Waals surface area (Å²) < 4.78 is 16.4. The van der Waals surface area contributed by atoms with Crippen LogP contribution >= 0.6 is 11.3 Å². The second-order valence-corrected chi connectivity index (χ2v) is 6.64. The Hall–Kier alpha value is -3.07. The molecule has 1 aromatic carbocycles. The van der Waals surface area contributed by atoms with Crippen LogP contribution in [-0.4, -0.2) is 49.2 Å². The lowest BCUT2D eigenvalue weighted by atomic mass is 10.1. The molecule has 1 N–H and O–H groups in total. The van der Waals surface area contributed by atoms with Crippen molar-refractivity contribution in [3.05, 3.63) is 45.3 Å². The van der Waals surface area contributed by atoms with Gasteiger partial charge >= 0.3 is 0 Å². The van der Waals surface area contributed by atoms with Crippen LogP contribution in [0.15, 0.2) is 28.4 Å². The van der Waals surface area contributed by atoms with Gasteiger partial charge in [-0.15, -0.1) is 11.3 Å². The molecule has 8 nitrogen and oxygen atoms in total. The summed E-state index contributed by atoms with van der Waals surface area (Å²) in [6.45, 7) is 0.149. The van der Waals surface area contributed by atoms with Gasteiger partial charge in [0.1, 0.15) is 10.5 Å². The molecule has 0 aliphatic heterocycles. The Balaban J connectivity index is 1.89. The fourth-order valence-corrected chi connectivity index (χ4v) is 3.44. The highest BCUT2D eigenvalue weighted by atomic mass is 32.1. The largest absolute Gasteiger partial charge is 0.493 e. The maximum Gasteiger partial charge on any atom is 0.268 e. The van der Waals surface area contributed by atoms with Crippen molar-refractivity contribution in [2.24, 2.45) is 0 Å². The van der Waals surface area contributed by atoms with Crippen molar-refractivity contribution in [1.29, 1.82) is 0 Å². The first-order valence-corrected chi connectivity index (χ1v) is 8.88. The van der Waals surface area contributed by atoms with Gasteiger partial charge < -0.3 is 24.1 Å². The first-order chi connectivity index (χ1) is 13.0. The Bertz CT molecular complexity index is 1020. The summed E-state index contributed by atoms with van der Waals surface area (Å²) in [6.07, 6.45) is 0. The fraction of sp³-hybridized carbons (Fsp3) is 0.278. The number of hydrogen-bond acceptors (Lipinski definition) is 7. The second-order valence-electron chi connectivity index (χ2n) is 5.72. The molecule has 142 valence electrons. The van der Waals surface area contributed by atoms with Crippen LogP contribution in [0.25, 0.3) is 10.2 Å². The Kier molecular flexibility index (Phi) is 5.31. The molecular weight excluding hydrogens is 370 g/mol. The van der Waals surface area contributed by atoms with E-state index < -0.39 is 0 Å². The van der Waals surface area contributed by atoms with Gasteiger partial charge in [0.05, 0.1) is 33.4 Å². The fourth-order valence-electron chi connectivity index (χ4n) is 2.72. The first kappa shape index (κ1) is 18.7. The van der Waals surface area contributed by atoms with Gasteiger partial charge in [0, 0.05) is 12.6 Å². The molecule has 0 spiro atoms. The van der Waals surface area contributed by atoms with Crippen LogP contribution in [0.3, 0.4) is 0 Å². The van der Waals surface area contributed by atoms with E-state index in [0.717, 1.165) is 0 Å². The van der Waals surface area contributed by atoms with E-state index in [2.05, 4.69) is 9.97 Å². The smallest absolute Gasteiger partial charge is 0.268 e. The number of benzene rings is 1. The number of methoxy groups -OCH3 is 3. The first-order valence-electron chi connectivity index (χ1n) is 8.00. The number of H-pyrrole nitrogens is 1. The third-order valence-corrected chi connectivity index (χ3v) is 4.91. The number of fused-ring (bicyclic) bond motifs is 1. The van der Waals surface area contributed by atoms with Gasteiger partial charge in [-0.2, -0.15) is 0 Å². The van der Waals surface area contributed by atoms with Crippen LogP contribution in [0.2, 0.25) is 0 Å². The molecule has 0 aliphatic rings. The summed E-state index contributed by atoms with van der Waals surface area (Å²) in [7, 11) is 6.10. The molecule has 0 saturated heterocycles. The van der Waals surface area contributed by atoms with Crippen molar-refractivity contribution in [3.63, 3.8) is 0 Å². The minimum Gasteiger partial charge on any atom is -0.493 e. The molecule has 27 heavy (non-hydrogen) atoms. The van der Waals surface area contributed by atoms with E-state index in [4.69, 9.17) is 14.2 Å². The monoisotopic (exact) mass is 389 g/mol. The lowest BCUT2D eigenvalue weighted by Crippen LogP contribution is -2.28. The SMILES string of the molecule is COc1cc(C(=O)N(C)Cc2nc3ccsc3c(=O)[nH]2)cc(OC)c1OC. The molecule has 0 saturated carbocycles. The number of carbonyl (C=O) groups is 1. The molecule has 0 atom stereocenters. The maximum atomic E-state index is 12.8. The number of hydrogen-bond donors (Lipinski definition) is 1. The molecule has 0 unspecified atom stereocenters. The van der Waals surface area contributed by atoms with Crippen LogP contribution in [0.1, 0.15) is 16.2 Å². The number of nitrogens with one attached hydrogen (secondary N) is 1. The molecule has 3 aromatic rings. The van der Waals surface area contributed by atoms with E-state index in [1.807, 2.05) is 5.38 Å². The molecule has 9 heteroatoms. The Morgan fingerprint density at radius 1 is 1.19 bits per heavy atom. The Morgan fingerprint density at radius 3 is 2.44 bits per heavy atom. The van der Waals surface area contributed by atoms with Gasteiger partial charge in [-0.1, -0.05) is 0 Å². The normalized spacial score (nSPS) is 10.7. The van der Waals surface area contributed by atoms with Gasteiger partial charge in [-0.05, 0) is 23.6 Å². The average molecular weight is 389 g/mol. The predicted octanol–water partition coefficient (Wildman–Crippen LogP) is 2.28. The molecule has 2 heterocycles. The predicted molar refractivity (Wildman–Crippen MR) is 102 cm³/mol. The number of thiophene rings is 1. The number of amides is 1. The standard InChI is InChI=1S/C18H19N3O5S/c1-21(9-14-19-11-5-6-27-16(11)17(22)20-14)18(23)10-7-12(24-2)15(26-4)13(8-10)25-3/h5-8H,9H2,1-4H3,(H,19,20,22). The summed E-state index contributed by atoms with van der Waals surface area (Å²) in [4.78, 5) is 33.5. The third-order valence-electron chi connectivity index (χ3n) is 4.01. The van der Waals surface area contributed by atoms with Crippen LogP contribution in [-0.2, 0) is 6.54 Å². The summed E-state index contributed by atoms with van der Waals surface area (Å²) in [6, 6.07) is 4.94. The van der Waals surface area contributed by atoms with Crippen molar-refractivity contribution in [2.75, 3.05) is 28.4 Å². The molecule has 0 bridgehead atoms. The number of carbonyl (C=O) groups excluding carboxylic acids is 1. The van der Waals surface area contributed by atoms with E-state index in [1.165, 1.54) is 37.6 Å². The zero-order chi connectivity index (χ0) is 19.6. The van der Waals surface area contributed by atoms with Crippen LogP contribution in [0.4, 0.5) is 0 Å². The summed E-state index contributed by atoms with van der Waals surface area (Å²) in [5, 5.41) is 1.81. The Morgan fingerprint density at radius 2 is 1.85 bits per heavy atom. The summed E-state index contributed by atoms with van der Waals surface area (Å²) >= 11 is 1.33. The van der Waals surface area contributed by atoms with E-state index >= 15 is 0 Å². The third kappa shape index (κ3) is 3.59. The van der Waals surface area contributed by atoms with Crippen molar-refractivity contribution < 1.29 is 19.0 Å². The Labute approximate surface area is 159 Å². The average Bonchev–Trinajstić information content (AvgIpc) is 3.15. The second kappa shape index (κ2) is 7.67. The van der Waals surface area contributed by atoms with Gasteiger partial charge in [-0.3, -0.25) is 9.59 Å². The molecule has 3 rings (SSSR count). The highest BCUT2D eigenvalue weighted by molar-refractivity contribution is 7.17. The number of aromatic nitrogens is 2. The van der Waals surface area contributed by atoms with Gasteiger partial charge in [0.15, 0.2) is 11.5 Å². The van der Waals surface area contributed by atoms with Gasteiger partial charge in [0.25, 0.3) is 11.5 Å².